The van der Waals surface area contributed by atoms with E-state index in [1.165, 1.54) is 18.5 Å². The number of aromatic nitrogens is 1. The third kappa shape index (κ3) is 7.05. The molecule has 5 nitrogen and oxygen atoms in total. The molecule has 2 fully saturated rings. The molecule has 3 rings (SSSR count). The Morgan fingerprint density at radius 1 is 1.41 bits per heavy atom. The third-order valence-corrected chi connectivity index (χ3v) is 5.64. The van der Waals surface area contributed by atoms with Crippen molar-refractivity contribution < 1.29 is 4.79 Å². The van der Waals surface area contributed by atoms with Crippen LogP contribution in [0.15, 0.2) is 24.5 Å². The van der Waals surface area contributed by atoms with E-state index in [0.29, 0.717) is 24.3 Å². The van der Waals surface area contributed by atoms with Crippen LogP contribution in [0, 0.1) is 17.8 Å². The van der Waals surface area contributed by atoms with Crippen molar-refractivity contribution in [2.75, 3.05) is 26.2 Å². The number of carbonyl (C=O) groups is 1. The monoisotopic (exact) mass is 394 g/mol. The van der Waals surface area contributed by atoms with Crippen LogP contribution < -0.4 is 10.6 Å². The van der Waals surface area contributed by atoms with Crippen molar-refractivity contribution >= 4 is 18.3 Å². The average molecular weight is 395 g/mol. The van der Waals surface area contributed by atoms with Crippen molar-refractivity contribution in [3.63, 3.8) is 0 Å². The van der Waals surface area contributed by atoms with E-state index in [2.05, 4.69) is 40.4 Å². The molecule has 6 heteroatoms. The maximum Gasteiger partial charge on any atom is 0.220 e. The zero-order valence-corrected chi connectivity index (χ0v) is 17.5. The molecule has 3 heterocycles. The zero-order chi connectivity index (χ0) is 18.4. The smallest absolute Gasteiger partial charge is 0.220 e. The molecular formula is C21H35ClN4O. The van der Waals surface area contributed by atoms with Gasteiger partial charge in [-0.3, -0.25) is 14.7 Å². The summed E-state index contributed by atoms with van der Waals surface area (Å²) in [5, 5.41) is 6.78. The van der Waals surface area contributed by atoms with Gasteiger partial charge in [-0.1, -0.05) is 19.9 Å². The Hall–Kier alpha value is -1.17. The maximum absolute atomic E-state index is 11.9. The molecule has 2 aliphatic rings. The molecule has 0 unspecified atom stereocenters. The molecule has 2 bridgehead atoms. The van der Waals surface area contributed by atoms with E-state index in [1.807, 2.05) is 18.5 Å². The minimum atomic E-state index is 0. The van der Waals surface area contributed by atoms with Crippen LogP contribution in [0.25, 0.3) is 0 Å². The number of hydrogen-bond acceptors (Lipinski definition) is 4. The Morgan fingerprint density at radius 3 is 3.00 bits per heavy atom. The minimum Gasteiger partial charge on any atom is -0.356 e. The highest BCUT2D eigenvalue weighted by Crippen LogP contribution is 2.31. The Kier molecular flexibility index (Phi) is 9.00. The Balaban J connectivity index is 0.00000261. The fourth-order valence-corrected chi connectivity index (χ4v) is 4.38. The standard InChI is InChI=1S/C21H34N4O.ClH/c1-16(2)10-24-21(26)7-3-6-20-19-9-18(12-23-20)14-25(15-19)13-17-5-4-8-22-11-17;/h4-5,8,11,16,18-20,23H,3,6-7,9-10,12-15H2,1-2H3,(H,24,26);1H/t18-,19+,20+;/m0./s1. The molecule has 0 spiro atoms. The molecule has 27 heavy (non-hydrogen) atoms. The van der Waals surface area contributed by atoms with Crippen LogP contribution in [-0.4, -0.2) is 48.0 Å². The predicted molar refractivity (Wildman–Crippen MR) is 112 cm³/mol. The van der Waals surface area contributed by atoms with E-state index in [0.717, 1.165) is 44.9 Å². The number of likely N-dealkylation sites (tertiary alicyclic amines) is 1. The number of rotatable bonds is 8. The van der Waals surface area contributed by atoms with Gasteiger partial charge >= 0.3 is 0 Å². The Labute approximate surface area is 170 Å². The first kappa shape index (κ1) is 22.1. The van der Waals surface area contributed by atoms with Crippen molar-refractivity contribution in [3.8, 4) is 0 Å². The molecule has 0 aromatic carbocycles. The molecule has 2 saturated heterocycles. The Bertz CT molecular complexity index is 569. The quantitative estimate of drug-likeness (QED) is 0.711. The van der Waals surface area contributed by atoms with E-state index in [-0.39, 0.29) is 18.3 Å². The SMILES string of the molecule is CC(C)CNC(=O)CCC[C@H]1NC[C@@H]2C[C@@H]1CN(Cc1cccnc1)C2.Cl. The van der Waals surface area contributed by atoms with Crippen LogP contribution in [0.2, 0.25) is 0 Å². The van der Waals surface area contributed by atoms with E-state index in [1.54, 1.807) is 0 Å². The first-order valence-corrected chi connectivity index (χ1v) is 10.2. The highest BCUT2D eigenvalue weighted by molar-refractivity contribution is 5.85. The van der Waals surface area contributed by atoms with Gasteiger partial charge in [-0.15, -0.1) is 12.4 Å². The van der Waals surface area contributed by atoms with Crippen molar-refractivity contribution in [1.82, 2.24) is 20.5 Å². The lowest BCUT2D eigenvalue weighted by Gasteiger charge is -2.46. The number of halogens is 1. The zero-order valence-electron chi connectivity index (χ0n) is 16.7. The van der Waals surface area contributed by atoms with Gasteiger partial charge in [-0.25, -0.2) is 0 Å². The molecule has 2 aliphatic heterocycles. The van der Waals surface area contributed by atoms with Crippen LogP contribution in [-0.2, 0) is 11.3 Å². The van der Waals surface area contributed by atoms with Gasteiger partial charge in [0.2, 0.25) is 5.91 Å². The van der Waals surface area contributed by atoms with Gasteiger partial charge in [0.05, 0.1) is 0 Å². The summed E-state index contributed by atoms with van der Waals surface area (Å²) in [6.45, 7) is 9.50. The van der Waals surface area contributed by atoms with E-state index >= 15 is 0 Å². The average Bonchev–Trinajstić information content (AvgIpc) is 2.63. The summed E-state index contributed by atoms with van der Waals surface area (Å²) in [6, 6.07) is 4.75. The molecule has 1 aromatic heterocycles. The van der Waals surface area contributed by atoms with E-state index < -0.39 is 0 Å². The number of piperidine rings is 2. The van der Waals surface area contributed by atoms with Gasteiger partial charge in [0.1, 0.15) is 0 Å². The summed E-state index contributed by atoms with van der Waals surface area (Å²) in [4.78, 5) is 18.8. The van der Waals surface area contributed by atoms with Gasteiger partial charge in [-0.2, -0.15) is 0 Å². The topological polar surface area (TPSA) is 57.3 Å². The maximum atomic E-state index is 11.9. The largest absolute Gasteiger partial charge is 0.356 e. The number of fused-ring (bicyclic) bond motifs is 2. The second kappa shape index (κ2) is 11.0. The highest BCUT2D eigenvalue weighted by atomic mass is 35.5. The normalized spacial score (nSPS) is 25.1. The van der Waals surface area contributed by atoms with Crippen molar-refractivity contribution in [3.05, 3.63) is 30.1 Å². The summed E-state index contributed by atoms with van der Waals surface area (Å²) >= 11 is 0. The third-order valence-electron chi connectivity index (χ3n) is 5.64. The first-order chi connectivity index (χ1) is 12.6. The van der Waals surface area contributed by atoms with E-state index in [9.17, 15) is 4.79 Å². The summed E-state index contributed by atoms with van der Waals surface area (Å²) in [6.07, 6.45) is 7.89. The van der Waals surface area contributed by atoms with Crippen molar-refractivity contribution in [1.29, 1.82) is 0 Å². The van der Waals surface area contributed by atoms with Gasteiger partial charge in [0.25, 0.3) is 0 Å². The molecular weight excluding hydrogens is 360 g/mol. The highest BCUT2D eigenvalue weighted by Gasteiger charge is 2.36. The lowest BCUT2D eigenvalue weighted by Crippen LogP contribution is -2.55. The number of amides is 1. The van der Waals surface area contributed by atoms with Crippen molar-refractivity contribution in [2.24, 2.45) is 17.8 Å². The number of nitrogens with zero attached hydrogens (tertiary/aromatic N) is 2. The second-order valence-electron chi connectivity index (χ2n) is 8.52. The minimum absolute atomic E-state index is 0. The molecule has 0 radical (unpaired) electrons. The van der Waals surface area contributed by atoms with Crippen LogP contribution in [0.5, 0.6) is 0 Å². The fourth-order valence-electron chi connectivity index (χ4n) is 4.38. The Morgan fingerprint density at radius 2 is 2.26 bits per heavy atom. The van der Waals surface area contributed by atoms with Crippen LogP contribution >= 0.6 is 12.4 Å². The molecule has 0 saturated carbocycles. The molecule has 0 aliphatic carbocycles. The van der Waals surface area contributed by atoms with Gasteiger partial charge in [0, 0.05) is 51.0 Å². The second-order valence-corrected chi connectivity index (χ2v) is 8.52. The van der Waals surface area contributed by atoms with Crippen molar-refractivity contribution in [2.45, 2.75) is 52.1 Å². The summed E-state index contributed by atoms with van der Waals surface area (Å²) < 4.78 is 0. The molecule has 152 valence electrons. The fraction of sp³-hybridized carbons (Fsp3) is 0.714. The number of carbonyl (C=O) groups excluding carboxylic acids is 1. The molecule has 1 aromatic rings. The van der Waals surface area contributed by atoms with Gasteiger partial charge in [-0.05, 0) is 55.2 Å². The number of nitrogens with one attached hydrogen (secondary N) is 2. The van der Waals surface area contributed by atoms with E-state index in [4.69, 9.17) is 0 Å². The number of hydrogen-bond donors (Lipinski definition) is 2. The first-order valence-electron chi connectivity index (χ1n) is 10.2. The lowest BCUT2D eigenvalue weighted by atomic mass is 9.79. The molecule has 3 atom stereocenters. The van der Waals surface area contributed by atoms with Crippen LogP contribution in [0.4, 0.5) is 0 Å². The van der Waals surface area contributed by atoms with Crippen LogP contribution in [0.1, 0.15) is 45.1 Å². The summed E-state index contributed by atoms with van der Waals surface area (Å²) in [5.41, 5.74) is 1.30. The summed E-state index contributed by atoms with van der Waals surface area (Å²) in [7, 11) is 0. The summed E-state index contributed by atoms with van der Waals surface area (Å²) in [5.74, 6) is 2.19. The predicted octanol–water partition coefficient (Wildman–Crippen LogP) is 2.86. The molecule has 2 N–H and O–H groups in total. The lowest BCUT2D eigenvalue weighted by molar-refractivity contribution is -0.121. The molecule has 1 amide bonds. The van der Waals surface area contributed by atoms with Crippen LogP contribution in [0.3, 0.4) is 0 Å². The number of pyridine rings is 1. The van der Waals surface area contributed by atoms with Gasteiger partial charge < -0.3 is 10.6 Å². The van der Waals surface area contributed by atoms with Gasteiger partial charge in [0.15, 0.2) is 0 Å².